The van der Waals surface area contributed by atoms with Gasteiger partial charge in [-0.2, -0.15) is 0 Å². The summed E-state index contributed by atoms with van der Waals surface area (Å²) in [6.07, 6.45) is 8.03. The summed E-state index contributed by atoms with van der Waals surface area (Å²) < 4.78 is 5.40. The van der Waals surface area contributed by atoms with Crippen molar-refractivity contribution in [3.8, 4) is 0 Å². The largest absolute Gasteiger partial charge is 0.449 e. The molecular weight excluding hydrogens is 216 g/mol. The number of ether oxygens (including phenoxy) is 1. The minimum absolute atomic E-state index is 0.137. The monoisotopic (exact) mass is 240 g/mol. The van der Waals surface area contributed by atoms with Crippen LogP contribution in [-0.2, 0) is 4.74 Å². The third-order valence-corrected chi connectivity index (χ3v) is 3.97. The van der Waals surface area contributed by atoms with Gasteiger partial charge in [-0.1, -0.05) is 19.3 Å². The second kappa shape index (κ2) is 6.24. The van der Waals surface area contributed by atoms with Gasteiger partial charge in [-0.15, -0.1) is 0 Å². The minimum atomic E-state index is -0.137. The maximum Gasteiger partial charge on any atom is 0.409 e. The van der Waals surface area contributed by atoms with Crippen LogP contribution in [-0.4, -0.2) is 36.7 Å². The first-order valence-electron chi connectivity index (χ1n) is 6.93. The summed E-state index contributed by atoms with van der Waals surface area (Å²) >= 11 is 0. The third kappa shape index (κ3) is 3.87. The van der Waals surface area contributed by atoms with Crippen LogP contribution in [0.2, 0.25) is 0 Å². The van der Waals surface area contributed by atoms with Gasteiger partial charge < -0.3 is 15.4 Å². The predicted octanol–water partition coefficient (Wildman–Crippen LogP) is 2.13. The van der Waals surface area contributed by atoms with Crippen LogP contribution in [0.25, 0.3) is 0 Å². The summed E-state index contributed by atoms with van der Waals surface area (Å²) in [7, 11) is 0. The van der Waals surface area contributed by atoms with Crippen LogP contribution in [0.15, 0.2) is 0 Å². The van der Waals surface area contributed by atoms with E-state index in [4.69, 9.17) is 10.5 Å². The normalized spacial score (nSPS) is 23.7. The molecule has 98 valence electrons. The van der Waals surface area contributed by atoms with Crippen LogP contribution in [0.4, 0.5) is 4.79 Å². The summed E-state index contributed by atoms with van der Waals surface area (Å²) in [5, 5.41) is 0. The number of nitrogens with zero attached hydrogens (tertiary/aromatic N) is 1. The maximum absolute atomic E-state index is 11.8. The van der Waals surface area contributed by atoms with E-state index in [9.17, 15) is 4.79 Å². The standard InChI is InChI=1S/C13H24N2O2/c14-12-6-8-15(9-7-12)13(16)17-10-11-4-2-1-3-5-11/h11-12H,1-10,14H2. The summed E-state index contributed by atoms with van der Waals surface area (Å²) in [5.41, 5.74) is 5.81. The molecule has 17 heavy (non-hydrogen) atoms. The van der Waals surface area contributed by atoms with Crippen molar-refractivity contribution < 1.29 is 9.53 Å². The van der Waals surface area contributed by atoms with Gasteiger partial charge in [0.1, 0.15) is 0 Å². The number of rotatable bonds is 2. The zero-order valence-electron chi connectivity index (χ0n) is 10.6. The molecule has 2 rings (SSSR count). The van der Waals surface area contributed by atoms with Gasteiger partial charge in [0, 0.05) is 19.1 Å². The van der Waals surface area contributed by atoms with Gasteiger partial charge in [-0.05, 0) is 31.6 Å². The second-order valence-corrected chi connectivity index (χ2v) is 5.41. The first kappa shape index (κ1) is 12.7. The van der Waals surface area contributed by atoms with Gasteiger partial charge in [0.25, 0.3) is 0 Å². The fraction of sp³-hybridized carbons (Fsp3) is 0.923. The highest BCUT2D eigenvalue weighted by Crippen LogP contribution is 2.24. The molecule has 1 saturated carbocycles. The maximum atomic E-state index is 11.8. The van der Waals surface area contributed by atoms with E-state index in [0.717, 1.165) is 25.9 Å². The van der Waals surface area contributed by atoms with Crippen molar-refractivity contribution in [2.75, 3.05) is 19.7 Å². The third-order valence-electron chi connectivity index (χ3n) is 3.97. The molecule has 1 aliphatic carbocycles. The molecule has 0 atom stereocenters. The van der Waals surface area contributed by atoms with E-state index in [2.05, 4.69) is 0 Å². The van der Waals surface area contributed by atoms with Crippen LogP contribution < -0.4 is 5.73 Å². The van der Waals surface area contributed by atoms with Crippen molar-refractivity contribution in [2.24, 2.45) is 11.7 Å². The average molecular weight is 240 g/mol. The molecule has 0 aromatic heterocycles. The van der Waals surface area contributed by atoms with Crippen molar-refractivity contribution in [1.29, 1.82) is 0 Å². The van der Waals surface area contributed by atoms with Crippen LogP contribution in [0.5, 0.6) is 0 Å². The van der Waals surface area contributed by atoms with E-state index in [1.54, 1.807) is 4.90 Å². The van der Waals surface area contributed by atoms with Crippen molar-refractivity contribution >= 4 is 6.09 Å². The molecule has 1 amide bonds. The van der Waals surface area contributed by atoms with Gasteiger partial charge in [0.2, 0.25) is 0 Å². The van der Waals surface area contributed by atoms with E-state index in [1.165, 1.54) is 32.1 Å². The lowest BCUT2D eigenvalue weighted by Gasteiger charge is -2.30. The molecular formula is C13H24N2O2. The zero-order valence-corrected chi connectivity index (χ0v) is 10.6. The Morgan fingerprint density at radius 3 is 2.41 bits per heavy atom. The Labute approximate surface area is 103 Å². The van der Waals surface area contributed by atoms with E-state index in [1.807, 2.05) is 0 Å². The number of amides is 1. The minimum Gasteiger partial charge on any atom is -0.449 e. The first-order chi connectivity index (χ1) is 8.25. The Kier molecular flexibility index (Phi) is 4.66. The lowest BCUT2D eigenvalue weighted by Crippen LogP contribution is -2.43. The smallest absolute Gasteiger partial charge is 0.409 e. The fourth-order valence-corrected chi connectivity index (χ4v) is 2.72. The van der Waals surface area contributed by atoms with Crippen LogP contribution in [0, 0.1) is 5.92 Å². The van der Waals surface area contributed by atoms with E-state index >= 15 is 0 Å². The number of likely N-dealkylation sites (tertiary alicyclic amines) is 1. The Balaban J connectivity index is 1.66. The van der Waals surface area contributed by atoms with Crippen LogP contribution in [0.1, 0.15) is 44.9 Å². The summed E-state index contributed by atoms with van der Waals surface area (Å²) in [4.78, 5) is 13.6. The molecule has 2 aliphatic rings. The predicted molar refractivity (Wildman–Crippen MR) is 66.7 cm³/mol. The van der Waals surface area contributed by atoms with Crippen molar-refractivity contribution in [1.82, 2.24) is 4.90 Å². The highest BCUT2D eigenvalue weighted by atomic mass is 16.6. The van der Waals surface area contributed by atoms with Crippen molar-refractivity contribution in [3.05, 3.63) is 0 Å². The van der Waals surface area contributed by atoms with Gasteiger partial charge in [-0.3, -0.25) is 0 Å². The number of piperidine rings is 1. The molecule has 2 fully saturated rings. The zero-order chi connectivity index (χ0) is 12.1. The quantitative estimate of drug-likeness (QED) is 0.804. The van der Waals surface area contributed by atoms with E-state index in [-0.39, 0.29) is 12.1 Å². The van der Waals surface area contributed by atoms with Gasteiger partial charge >= 0.3 is 6.09 Å². The van der Waals surface area contributed by atoms with E-state index < -0.39 is 0 Å². The summed E-state index contributed by atoms with van der Waals surface area (Å²) in [6.45, 7) is 2.12. The Morgan fingerprint density at radius 2 is 1.76 bits per heavy atom. The van der Waals surface area contributed by atoms with Gasteiger partial charge in [0.15, 0.2) is 0 Å². The first-order valence-corrected chi connectivity index (χ1v) is 6.93. The summed E-state index contributed by atoms with van der Waals surface area (Å²) in [5.74, 6) is 0.597. The van der Waals surface area contributed by atoms with Crippen LogP contribution >= 0.6 is 0 Å². The van der Waals surface area contributed by atoms with Crippen LogP contribution in [0.3, 0.4) is 0 Å². The lowest BCUT2D eigenvalue weighted by atomic mass is 9.90. The molecule has 0 radical (unpaired) electrons. The SMILES string of the molecule is NC1CCN(C(=O)OCC2CCCCC2)CC1. The molecule has 1 saturated heterocycles. The van der Waals surface area contributed by atoms with E-state index in [0.29, 0.717) is 12.5 Å². The molecule has 0 unspecified atom stereocenters. The molecule has 0 spiro atoms. The fourth-order valence-electron chi connectivity index (χ4n) is 2.72. The molecule has 4 nitrogen and oxygen atoms in total. The number of hydrogen-bond acceptors (Lipinski definition) is 3. The van der Waals surface area contributed by atoms with Crippen molar-refractivity contribution in [3.63, 3.8) is 0 Å². The number of hydrogen-bond donors (Lipinski definition) is 1. The second-order valence-electron chi connectivity index (χ2n) is 5.41. The molecule has 2 N–H and O–H groups in total. The molecule has 0 aromatic carbocycles. The highest BCUT2D eigenvalue weighted by Gasteiger charge is 2.23. The topological polar surface area (TPSA) is 55.6 Å². The number of carbonyl (C=O) groups excluding carboxylic acids is 1. The summed E-state index contributed by atoms with van der Waals surface area (Å²) in [6, 6.07) is 0.261. The Bertz CT molecular complexity index is 244. The molecule has 0 bridgehead atoms. The van der Waals surface area contributed by atoms with Gasteiger partial charge in [0.05, 0.1) is 6.61 Å². The lowest BCUT2D eigenvalue weighted by molar-refractivity contribution is 0.0733. The Hall–Kier alpha value is -0.770. The number of nitrogens with two attached hydrogens (primary N) is 1. The number of carbonyl (C=O) groups is 1. The van der Waals surface area contributed by atoms with Gasteiger partial charge in [-0.25, -0.2) is 4.79 Å². The Morgan fingerprint density at radius 1 is 1.12 bits per heavy atom. The highest BCUT2D eigenvalue weighted by molar-refractivity contribution is 5.67. The molecule has 0 aromatic rings. The molecule has 4 heteroatoms. The molecule has 1 heterocycles. The molecule has 1 aliphatic heterocycles. The van der Waals surface area contributed by atoms with Crippen molar-refractivity contribution in [2.45, 2.75) is 51.0 Å². The average Bonchev–Trinajstić information content (AvgIpc) is 2.38.